The molecule has 0 aromatic heterocycles. The molecule has 0 aromatic rings. The van der Waals surface area contributed by atoms with E-state index in [-0.39, 0.29) is 48.2 Å². The largest absolute Gasteiger partial charge is 1.00 e. The van der Waals surface area contributed by atoms with E-state index in [1.807, 2.05) is 0 Å². The van der Waals surface area contributed by atoms with Gasteiger partial charge >= 0.3 is 29.6 Å². The summed E-state index contributed by atoms with van der Waals surface area (Å²) in [7, 11) is 0. The first-order chi connectivity index (χ1) is 6.66. The predicted octanol–water partition coefficient (Wildman–Crippen LogP) is -1.07. The Hall–Kier alpha value is 0.0100. The maximum absolute atomic E-state index is 10.1. The van der Waals surface area contributed by atoms with Crippen molar-refractivity contribution in [2.75, 3.05) is 0 Å². The van der Waals surface area contributed by atoms with Gasteiger partial charge in [0.1, 0.15) is 0 Å². The zero-order valence-electron chi connectivity index (χ0n) is 9.79. The van der Waals surface area contributed by atoms with Gasteiger partial charge in [0, 0.05) is 12.4 Å². The summed E-state index contributed by atoms with van der Waals surface area (Å²) >= 11 is 0. The summed E-state index contributed by atoms with van der Waals surface area (Å²) in [4.78, 5) is 10.1. The Labute approximate surface area is 114 Å². The summed E-state index contributed by atoms with van der Waals surface area (Å²) in [6.45, 7) is 2.15. The molecule has 0 saturated carbocycles. The molecule has 0 aromatic carbocycles. The smallest absolute Gasteiger partial charge is 0.550 e. The van der Waals surface area contributed by atoms with E-state index in [1.165, 1.54) is 19.3 Å². The standard InChI is InChI=1S/C11H20O3.Na/c1-2-3-4-5-6-7-10(12)8-9-11(13)14;/h7,12H,2-6,8-9H2,1H3,(H,13,14);/q;+1/p-1. The second kappa shape index (κ2) is 12.1. The van der Waals surface area contributed by atoms with Crippen molar-refractivity contribution in [2.24, 2.45) is 0 Å². The normalized spacial score (nSPS) is 10.9. The third kappa shape index (κ3) is 14.0. The summed E-state index contributed by atoms with van der Waals surface area (Å²) in [5.74, 6) is -0.943. The maximum Gasteiger partial charge on any atom is 1.00 e. The summed E-state index contributed by atoms with van der Waals surface area (Å²) in [6, 6.07) is 0. The number of carbonyl (C=O) groups excluding carboxylic acids is 1. The summed E-state index contributed by atoms with van der Waals surface area (Å²) in [5, 5.41) is 19.3. The Morgan fingerprint density at radius 3 is 2.47 bits per heavy atom. The Bertz CT molecular complexity index is 190. The first kappa shape index (κ1) is 17.4. The molecule has 4 heteroatoms. The third-order valence-electron chi connectivity index (χ3n) is 2.02. The van der Waals surface area contributed by atoms with Crippen LogP contribution in [0.2, 0.25) is 0 Å². The van der Waals surface area contributed by atoms with Gasteiger partial charge in [0.2, 0.25) is 0 Å². The SMILES string of the molecule is CCCCCCC=C(O)CCC(=O)[O-].[Na+]. The molecule has 0 radical (unpaired) electrons. The molecule has 0 saturated heterocycles. The van der Waals surface area contributed by atoms with E-state index >= 15 is 0 Å². The van der Waals surface area contributed by atoms with Crippen LogP contribution in [-0.4, -0.2) is 11.1 Å². The molecule has 0 rings (SSSR count). The van der Waals surface area contributed by atoms with Crippen LogP contribution in [0.4, 0.5) is 0 Å². The van der Waals surface area contributed by atoms with E-state index in [4.69, 9.17) is 0 Å². The van der Waals surface area contributed by atoms with Gasteiger partial charge in [-0.05, 0) is 25.3 Å². The third-order valence-corrected chi connectivity index (χ3v) is 2.02. The second-order valence-electron chi connectivity index (χ2n) is 3.42. The van der Waals surface area contributed by atoms with Crippen LogP contribution in [0, 0.1) is 0 Å². The molecule has 0 fully saturated rings. The van der Waals surface area contributed by atoms with Crippen LogP contribution in [-0.2, 0) is 4.79 Å². The number of carbonyl (C=O) groups is 1. The minimum Gasteiger partial charge on any atom is -0.550 e. The number of aliphatic carboxylic acids is 1. The summed E-state index contributed by atoms with van der Waals surface area (Å²) < 4.78 is 0. The van der Waals surface area contributed by atoms with Gasteiger partial charge in [0.25, 0.3) is 0 Å². The van der Waals surface area contributed by atoms with Crippen molar-refractivity contribution in [1.29, 1.82) is 0 Å². The molecule has 0 heterocycles. The maximum atomic E-state index is 10.1. The number of carboxylic acids is 1. The molecule has 1 N–H and O–H groups in total. The number of allylic oxidation sites excluding steroid dienone is 2. The Morgan fingerprint density at radius 2 is 1.93 bits per heavy atom. The number of hydrogen-bond donors (Lipinski definition) is 1. The Kier molecular flexibility index (Phi) is 14.0. The van der Waals surface area contributed by atoms with Crippen LogP contribution in [0.1, 0.15) is 51.9 Å². The van der Waals surface area contributed by atoms with Gasteiger partial charge in [-0.3, -0.25) is 0 Å². The van der Waals surface area contributed by atoms with Gasteiger partial charge in [0.15, 0.2) is 0 Å². The molecule has 0 aliphatic heterocycles. The quantitative estimate of drug-likeness (QED) is 0.323. The first-order valence-electron chi connectivity index (χ1n) is 5.24. The molecular formula is C11H19NaO3. The predicted molar refractivity (Wildman–Crippen MR) is 53.7 cm³/mol. The molecule has 0 unspecified atom stereocenters. The Morgan fingerprint density at radius 1 is 1.27 bits per heavy atom. The number of carboxylic acid groups (broad SMARTS) is 1. The number of hydrogen-bond acceptors (Lipinski definition) is 3. The molecule has 0 atom stereocenters. The van der Waals surface area contributed by atoms with E-state index in [1.54, 1.807) is 6.08 Å². The van der Waals surface area contributed by atoms with E-state index in [9.17, 15) is 15.0 Å². The number of unbranched alkanes of at least 4 members (excludes halogenated alkanes) is 4. The van der Waals surface area contributed by atoms with Crippen LogP contribution >= 0.6 is 0 Å². The fraction of sp³-hybridized carbons (Fsp3) is 0.727. The fourth-order valence-corrected chi connectivity index (χ4v) is 1.17. The second-order valence-corrected chi connectivity index (χ2v) is 3.42. The van der Waals surface area contributed by atoms with Crippen molar-refractivity contribution in [3.05, 3.63) is 11.8 Å². The van der Waals surface area contributed by atoms with E-state index in [2.05, 4.69) is 6.92 Å². The van der Waals surface area contributed by atoms with Crippen LogP contribution in [0.5, 0.6) is 0 Å². The van der Waals surface area contributed by atoms with Gasteiger partial charge in [-0.2, -0.15) is 0 Å². The summed E-state index contributed by atoms with van der Waals surface area (Å²) in [6.07, 6.45) is 7.27. The zero-order valence-corrected chi connectivity index (χ0v) is 11.8. The van der Waals surface area contributed by atoms with E-state index < -0.39 is 5.97 Å². The number of rotatable bonds is 8. The molecule has 0 amide bonds. The van der Waals surface area contributed by atoms with Crippen molar-refractivity contribution < 1.29 is 44.6 Å². The van der Waals surface area contributed by atoms with Gasteiger partial charge in [-0.15, -0.1) is 0 Å². The van der Waals surface area contributed by atoms with Gasteiger partial charge in [-0.25, -0.2) is 0 Å². The molecule has 0 bridgehead atoms. The average molecular weight is 222 g/mol. The molecule has 15 heavy (non-hydrogen) atoms. The summed E-state index contributed by atoms with van der Waals surface area (Å²) in [5.41, 5.74) is 0. The molecule has 0 aliphatic carbocycles. The molecule has 0 spiro atoms. The van der Waals surface area contributed by atoms with Gasteiger partial charge in [0.05, 0.1) is 5.76 Å². The van der Waals surface area contributed by atoms with Crippen molar-refractivity contribution in [2.45, 2.75) is 51.9 Å². The fourth-order valence-electron chi connectivity index (χ4n) is 1.17. The van der Waals surface area contributed by atoms with Crippen molar-refractivity contribution in [3.8, 4) is 0 Å². The minimum atomic E-state index is -1.11. The first-order valence-corrected chi connectivity index (χ1v) is 5.24. The van der Waals surface area contributed by atoms with Gasteiger partial charge in [-0.1, -0.05) is 26.2 Å². The monoisotopic (exact) mass is 222 g/mol. The zero-order chi connectivity index (χ0) is 10.8. The minimum absolute atomic E-state index is 0. The van der Waals surface area contributed by atoms with E-state index in [0.717, 1.165) is 12.8 Å². The van der Waals surface area contributed by atoms with Gasteiger partial charge < -0.3 is 15.0 Å². The average Bonchev–Trinajstić information content (AvgIpc) is 2.14. The molecular weight excluding hydrogens is 203 g/mol. The van der Waals surface area contributed by atoms with Crippen LogP contribution in [0.25, 0.3) is 0 Å². The van der Waals surface area contributed by atoms with Crippen molar-refractivity contribution >= 4 is 5.97 Å². The number of aliphatic hydroxyl groups is 1. The topological polar surface area (TPSA) is 60.4 Å². The molecule has 82 valence electrons. The van der Waals surface area contributed by atoms with Crippen molar-refractivity contribution in [3.63, 3.8) is 0 Å². The van der Waals surface area contributed by atoms with Crippen LogP contribution in [0.15, 0.2) is 11.8 Å². The molecule has 0 aliphatic rings. The van der Waals surface area contributed by atoms with E-state index in [0.29, 0.717) is 0 Å². The van der Waals surface area contributed by atoms with Crippen LogP contribution in [0.3, 0.4) is 0 Å². The molecule has 3 nitrogen and oxygen atoms in total. The number of aliphatic hydroxyl groups excluding tert-OH is 1. The Balaban J connectivity index is 0. The van der Waals surface area contributed by atoms with Crippen molar-refractivity contribution in [1.82, 2.24) is 0 Å². The van der Waals surface area contributed by atoms with Crippen LogP contribution < -0.4 is 34.7 Å².